The average molecular weight is 507 g/mol. The zero-order chi connectivity index (χ0) is 21.6. The van der Waals surface area contributed by atoms with E-state index in [1.54, 1.807) is 36.4 Å². The molecule has 4 rings (SSSR count). The fourth-order valence-electron chi connectivity index (χ4n) is 3.64. The number of nitrogens with one attached hydrogen (secondary N) is 2. The lowest BCUT2D eigenvalue weighted by atomic mass is 9.93. The van der Waals surface area contributed by atoms with Gasteiger partial charge in [0.15, 0.2) is 0 Å². The molecule has 2 amide bonds. The van der Waals surface area contributed by atoms with E-state index in [1.165, 1.54) is 0 Å². The van der Waals surface area contributed by atoms with Crippen molar-refractivity contribution < 1.29 is 9.59 Å². The van der Waals surface area contributed by atoms with Gasteiger partial charge in [0, 0.05) is 27.7 Å². The number of halogens is 5. The van der Waals surface area contributed by atoms with Crippen LogP contribution in [0.3, 0.4) is 0 Å². The lowest BCUT2D eigenvalue weighted by Gasteiger charge is -2.26. The van der Waals surface area contributed by atoms with E-state index in [9.17, 15) is 9.59 Å². The Kier molecular flexibility index (Phi) is 6.17. The van der Waals surface area contributed by atoms with Crippen molar-refractivity contribution in [3.8, 4) is 0 Å². The highest BCUT2D eigenvalue weighted by Crippen LogP contribution is 2.65. The van der Waals surface area contributed by atoms with Gasteiger partial charge in [0.05, 0.1) is 16.5 Å². The summed E-state index contributed by atoms with van der Waals surface area (Å²) in [4.78, 5) is 25.3. The average Bonchev–Trinajstić information content (AvgIpc) is 3.21. The maximum Gasteiger partial charge on any atom is 0.253 e. The molecule has 2 saturated carbocycles. The second kappa shape index (κ2) is 8.40. The molecule has 0 heterocycles. The Morgan fingerprint density at radius 1 is 0.967 bits per heavy atom. The second-order valence-corrected chi connectivity index (χ2v) is 10.3. The highest BCUT2D eigenvalue weighted by molar-refractivity contribution is 6.53. The molecular weight excluding hydrogens is 490 g/mol. The zero-order valence-corrected chi connectivity index (χ0v) is 19.3. The van der Waals surface area contributed by atoms with Crippen LogP contribution in [-0.2, 0) is 4.79 Å². The monoisotopic (exact) mass is 504 g/mol. The van der Waals surface area contributed by atoms with E-state index < -0.39 is 16.2 Å². The van der Waals surface area contributed by atoms with Gasteiger partial charge in [-0.2, -0.15) is 0 Å². The van der Waals surface area contributed by atoms with Crippen LogP contribution in [0.1, 0.15) is 41.1 Å². The van der Waals surface area contributed by atoms with Crippen LogP contribution in [0.25, 0.3) is 0 Å². The summed E-state index contributed by atoms with van der Waals surface area (Å²) in [7, 11) is 0. The molecule has 2 aliphatic carbocycles. The van der Waals surface area contributed by atoms with Gasteiger partial charge in [0.1, 0.15) is 4.33 Å². The molecule has 30 heavy (non-hydrogen) atoms. The third kappa shape index (κ3) is 4.39. The van der Waals surface area contributed by atoms with Crippen molar-refractivity contribution in [3.05, 3.63) is 62.6 Å². The molecule has 4 nitrogen and oxygen atoms in total. The first-order chi connectivity index (χ1) is 14.2. The van der Waals surface area contributed by atoms with Crippen LogP contribution in [0.2, 0.25) is 15.1 Å². The van der Waals surface area contributed by atoms with E-state index >= 15 is 0 Å². The molecule has 0 radical (unpaired) electrons. The number of amides is 2. The number of benzene rings is 2. The van der Waals surface area contributed by atoms with E-state index in [4.69, 9.17) is 58.0 Å². The van der Waals surface area contributed by atoms with Gasteiger partial charge in [-0.05, 0) is 61.2 Å². The molecule has 2 atom stereocenters. The van der Waals surface area contributed by atoms with Gasteiger partial charge in [-0.1, -0.05) is 34.8 Å². The molecule has 0 bridgehead atoms. The molecule has 158 valence electrons. The maximum atomic E-state index is 12.9. The molecule has 2 aliphatic rings. The highest BCUT2D eigenvalue weighted by Gasteiger charge is 2.67. The minimum absolute atomic E-state index is 0.177. The van der Waals surface area contributed by atoms with Crippen LogP contribution in [-0.4, -0.2) is 22.2 Å². The SMILES string of the molecule is O=C(NC1CCC1)c1cc(NC(=O)C2C(c3cc(Cl)cc(Cl)c3)C2(Cl)Cl)ccc1Cl. The lowest BCUT2D eigenvalue weighted by Crippen LogP contribution is -2.39. The summed E-state index contributed by atoms with van der Waals surface area (Å²) >= 11 is 31.1. The van der Waals surface area contributed by atoms with Crippen molar-refractivity contribution in [2.45, 2.75) is 35.6 Å². The molecule has 0 spiro atoms. The summed E-state index contributed by atoms with van der Waals surface area (Å²) in [6.45, 7) is 0. The van der Waals surface area contributed by atoms with Gasteiger partial charge in [-0.25, -0.2) is 0 Å². The molecule has 2 aromatic rings. The summed E-state index contributed by atoms with van der Waals surface area (Å²) in [5.41, 5.74) is 1.43. The summed E-state index contributed by atoms with van der Waals surface area (Å²) in [6.07, 6.45) is 3.03. The lowest BCUT2D eigenvalue weighted by molar-refractivity contribution is -0.117. The van der Waals surface area contributed by atoms with E-state index in [2.05, 4.69) is 10.6 Å². The van der Waals surface area contributed by atoms with E-state index in [0.717, 1.165) is 19.3 Å². The number of hydrogen-bond acceptors (Lipinski definition) is 2. The fourth-order valence-corrected chi connectivity index (χ4v) is 5.21. The Morgan fingerprint density at radius 2 is 1.63 bits per heavy atom. The van der Waals surface area contributed by atoms with Gasteiger partial charge >= 0.3 is 0 Å². The van der Waals surface area contributed by atoms with Crippen molar-refractivity contribution >= 4 is 75.5 Å². The largest absolute Gasteiger partial charge is 0.349 e. The topological polar surface area (TPSA) is 58.2 Å². The van der Waals surface area contributed by atoms with Gasteiger partial charge in [-0.15, -0.1) is 23.2 Å². The summed E-state index contributed by atoms with van der Waals surface area (Å²) in [5, 5.41) is 6.90. The standard InChI is InChI=1S/C21H17Cl5N2O2/c22-11-6-10(7-12(23)8-11)17-18(21(17,25)26)20(30)28-14-4-5-16(24)15(9-14)19(29)27-13-2-1-3-13/h4-9,13,17-18H,1-3H2,(H,27,29)(H,28,30). The minimum Gasteiger partial charge on any atom is -0.349 e. The highest BCUT2D eigenvalue weighted by atomic mass is 35.5. The van der Waals surface area contributed by atoms with Crippen molar-refractivity contribution in [1.82, 2.24) is 5.32 Å². The number of carbonyl (C=O) groups is 2. The molecule has 2 unspecified atom stereocenters. The Bertz CT molecular complexity index is 1000. The quantitative estimate of drug-likeness (QED) is 0.458. The first-order valence-corrected chi connectivity index (χ1v) is 11.3. The van der Waals surface area contributed by atoms with Gasteiger partial charge in [-0.3, -0.25) is 9.59 Å². The van der Waals surface area contributed by atoms with Crippen LogP contribution >= 0.6 is 58.0 Å². The third-order valence-electron chi connectivity index (χ3n) is 5.50. The third-order valence-corrected chi connectivity index (χ3v) is 7.21. The van der Waals surface area contributed by atoms with E-state index in [-0.39, 0.29) is 17.9 Å². The van der Waals surface area contributed by atoms with E-state index in [0.29, 0.717) is 31.9 Å². The summed E-state index contributed by atoms with van der Waals surface area (Å²) in [5.74, 6) is -1.78. The van der Waals surface area contributed by atoms with Crippen molar-refractivity contribution in [2.24, 2.45) is 5.92 Å². The first kappa shape index (κ1) is 22.0. The van der Waals surface area contributed by atoms with E-state index in [1.807, 2.05) is 0 Å². The second-order valence-electron chi connectivity index (χ2n) is 7.62. The fraction of sp³-hybridized carbons (Fsp3) is 0.333. The van der Waals surface area contributed by atoms with Gasteiger partial charge in [0.2, 0.25) is 5.91 Å². The number of anilines is 1. The van der Waals surface area contributed by atoms with Crippen LogP contribution in [0.5, 0.6) is 0 Å². The van der Waals surface area contributed by atoms with Gasteiger partial charge in [0.25, 0.3) is 5.91 Å². The molecule has 2 N–H and O–H groups in total. The normalized spacial score (nSPS) is 22.2. The maximum absolute atomic E-state index is 12.9. The first-order valence-electron chi connectivity index (χ1n) is 9.42. The van der Waals surface area contributed by atoms with Crippen molar-refractivity contribution in [1.29, 1.82) is 0 Å². The van der Waals surface area contributed by atoms with Crippen molar-refractivity contribution in [3.63, 3.8) is 0 Å². The van der Waals surface area contributed by atoms with Gasteiger partial charge < -0.3 is 10.6 Å². The Hall–Kier alpha value is -1.17. The molecular formula is C21H17Cl5N2O2. The number of hydrogen-bond donors (Lipinski definition) is 2. The zero-order valence-electron chi connectivity index (χ0n) is 15.5. The van der Waals surface area contributed by atoms with Crippen LogP contribution in [0.15, 0.2) is 36.4 Å². The smallest absolute Gasteiger partial charge is 0.253 e. The number of rotatable bonds is 5. The predicted molar refractivity (Wildman–Crippen MR) is 122 cm³/mol. The molecule has 9 heteroatoms. The molecule has 0 aromatic heterocycles. The minimum atomic E-state index is -1.28. The predicted octanol–water partition coefficient (Wildman–Crippen LogP) is 6.46. The molecule has 2 fully saturated rings. The Morgan fingerprint density at radius 3 is 2.23 bits per heavy atom. The number of carbonyl (C=O) groups excluding carboxylic acids is 2. The summed E-state index contributed by atoms with van der Waals surface area (Å²) in [6, 6.07) is 9.90. The van der Waals surface area contributed by atoms with Crippen molar-refractivity contribution in [2.75, 3.05) is 5.32 Å². The molecule has 0 saturated heterocycles. The Balaban J connectivity index is 1.49. The molecule has 2 aromatic carbocycles. The van der Waals surface area contributed by atoms with Crippen LogP contribution in [0, 0.1) is 5.92 Å². The molecule has 0 aliphatic heterocycles. The summed E-state index contributed by atoms with van der Waals surface area (Å²) < 4.78 is -1.28. The van der Waals surface area contributed by atoms with Crippen LogP contribution in [0.4, 0.5) is 5.69 Å². The van der Waals surface area contributed by atoms with Crippen LogP contribution < -0.4 is 10.6 Å². The number of alkyl halides is 2. The Labute approximate surface area is 199 Å².